The van der Waals surface area contributed by atoms with E-state index < -0.39 is 0 Å². The molecule has 1 aliphatic rings. The number of nitriles is 1. The van der Waals surface area contributed by atoms with E-state index in [2.05, 4.69) is 40.4 Å². The summed E-state index contributed by atoms with van der Waals surface area (Å²) in [4.78, 5) is 8.17. The molecular formula is C18H20N4O2. The van der Waals surface area contributed by atoms with Crippen LogP contribution in [-0.4, -0.2) is 29.8 Å². The molecule has 2 heterocycles. The third-order valence-corrected chi connectivity index (χ3v) is 3.95. The predicted octanol–water partition coefficient (Wildman–Crippen LogP) is 2.68. The van der Waals surface area contributed by atoms with Crippen LogP contribution >= 0.6 is 0 Å². The van der Waals surface area contributed by atoms with Crippen molar-refractivity contribution in [3.63, 3.8) is 0 Å². The monoisotopic (exact) mass is 324 g/mol. The summed E-state index contributed by atoms with van der Waals surface area (Å²) in [5, 5.41) is 12.0. The summed E-state index contributed by atoms with van der Waals surface area (Å²) in [5.41, 5.74) is 2.53. The van der Waals surface area contributed by atoms with Crippen LogP contribution in [0.25, 0.3) is 0 Å². The van der Waals surface area contributed by atoms with Gasteiger partial charge in [-0.2, -0.15) is 5.26 Å². The lowest BCUT2D eigenvalue weighted by atomic mass is 10.1. The topological polar surface area (TPSA) is 80.1 Å². The molecule has 1 fully saturated rings. The van der Waals surface area contributed by atoms with Crippen LogP contribution in [0.2, 0.25) is 0 Å². The molecule has 6 nitrogen and oxygen atoms in total. The Hall–Kier alpha value is -2.65. The van der Waals surface area contributed by atoms with E-state index in [9.17, 15) is 0 Å². The minimum Gasteiger partial charge on any atom is -0.493 e. The van der Waals surface area contributed by atoms with Gasteiger partial charge in [-0.1, -0.05) is 12.1 Å². The Morgan fingerprint density at radius 2 is 2.29 bits per heavy atom. The second kappa shape index (κ2) is 7.75. The number of ether oxygens (including phenoxy) is 2. The average molecular weight is 324 g/mol. The molecule has 1 aromatic heterocycles. The van der Waals surface area contributed by atoms with E-state index in [0.717, 1.165) is 36.5 Å². The quantitative estimate of drug-likeness (QED) is 0.880. The molecule has 1 aliphatic heterocycles. The lowest BCUT2D eigenvalue weighted by molar-refractivity contribution is 0.167. The highest BCUT2D eigenvalue weighted by molar-refractivity contribution is 5.41. The van der Waals surface area contributed by atoms with Crippen molar-refractivity contribution >= 4 is 5.82 Å². The average Bonchev–Trinajstić information content (AvgIpc) is 3.13. The number of anilines is 1. The van der Waals surface area contributed by atoms with Crippen molar-refractivity contribution in [2.75, 3.05) is 25.1 Å². The highest BCUT2D eigenvalue weighted by Gasteiger charge is 2.17. The molecule has 6 heteroatoms. The summed E-state index contributed by atoms with van der Waals surface area (Å²) in [6.07, 6.45) is 4.07. The summed E-state index contributed by atoms with van der Waals surface area (Å²) < 4.78 is 11.4. The van der Waals surface area contributed by atoms with Crippen LogP contribution in [-0.2, 0) is 11.3 Å². The molecule has 1 saturated heterocycles. The van der Waals surface area contributed by atoms with Crippen molar-refractivity contribution in [3.8, 4) is 11.8 Å². The van der Waals surface area contributed by atoms with E-state index in [1.165, 1.54) is 6.20 Å². The van der Waals surface area contributed by atoms with Gasteiger partial charge in [0.25, 0.3) is 0 Å². The molecule has 0 amide bonds. The zero-order valence-corrected chi connectivity index (χ0v) is 13.7. The summed E-state index contributed by atoms with van der Waals surface area (Å²) >= 11 is 0. The zero-order chi connectivity index (χ0) is 16.8. The van der Waals surface area contributed by atoms with Crippen LogP contribution in [0.3, 0.4) is 0 Å². The van der Waals surface area contributed by atoms with Gasteiger partial charge in [-0.15, -0.1) is 0 Å². The summed E-state index contributed by atoms with van der Waals surface area (Å²) in [6.45, 7) is 4.91. The van der Waals surface area contributed by atoms with Crippen molar-refractivity contribution in [2.24, 2.45) is 5.92 Å². The molecule has 0 aliphatic carbocycles. The van der Waals surface area contributed by atoms with Crippen molar-refractivity contribution in [1.82, 2.24) is 9.97 Å². The molecule has 0 spiro atoms. The number of benzene rings is 1. The number of aryl methyl sites for hydroxylation is 1. The number of nitrogens with one attached hydrogen (secondary N) is 1. The van der Waals surface area contributed by atoms with Crippen LogP contribution in [0, 0.1) is 24.2 Å². The predicted molar refractivity (Wildman–Crippen MR) is 89.7 cm³/mol. The molecule has 1 N–H and O–H groups in total. The third-order valence-electron chi connectivity index (χ3n) is 3.95. The lowest BCUT2D eigenvalue weighted by Crippen LogP contribution is -2.13. The van der Waals surface area contributed by atoms with E-state index in [-0.39, 0.29) is 0 Å². The molecule has 24 heavy (non-hydrogen) atoms. The minimum atomic E-state index is 0.304. The van der Waals surface area contributed by atoms with Gasteiger partial charge in [0.15, 0.2) is 5.69 Å². The highest BCUT2D eigenvalue weighted by Crippen LogP contribution is 2.23. The van der Waals surface area contributed by atoms with Gasteiger partial charge in [-0.05, 0) is 25.0 Å². The maximum atomic E-state index is 8.75. The fraction of sp³-hybridized carbons (Fsp3) is 0.389. The van der Waals surface area contributed by atoms with Crippen molar-refractivity contribution in [2.45, 2.75) is 19.9 Å². The van der Waals surface area contributed by atoms with E-state index in [0.29, 0.717) is 30.6 Å². The number of hydrogen-bond donors (Lipinski definition) is 1. The van der Waals surface area contributed by atoms with Crippen molar-refractivity contribution < 1.29 is 9.47 Å². The van der Waals surface area contributed by atoms with Crippen molar-refractivity contribution in [1.29, 1.82) is 5.26 Å². The molecule has 3 rings (SSSR count). The van der Waals surface area contributed by atoms with E-state index in [1.807, 2.05) is 6.07 Å². The fourth-order valence-corrected chi connectivity index (χ4v) is 2.53. The molecule has 1 unspecified atom stereocenters. The maximum Gasteiger partial charge on any atom is 0.158 e. The van der Waals surface area contributed by atoms with Gasteiger partial charge in [-0.3, -0.25) is 0 Å². The Labute approximate surface area is 141 Å². The van der Waals surface area contributed by atoms with Gasteiger partial charge in [0.1, 0.15) is 17.6 Å². The largest absolute Gasteiger partial charge is 0.493 e. The number of nitrogens with zero attached hydrogens (tertiary/aromatic N) is 3. The van der Waals surface area contributed by atoms with Gasteiger partial charge in [-0.25, -0.2) is 9.97 Å². The highest BCUT2D eigenvalue weighted by atomic mass is 16.5. The number of aromatic nitrogens is 2. The third kappa shape index (κ3) is 4.21. The Kier molecular flexibility index (Phi) is 5.24. The Morgan fingerprint density at radius 1 is 1.38 bits per heavy atom. The van der Waals surface area contributed by atoms with Crippen LogP contribution in [0.1, 0.15) is 23.2 Å². The first-order valence-corrected chi connectivity index (χ1v) is 8.00. The molecule has 0 radical (unpaired) electrons. The molecule has 124 valence electrons. The first kappa shape index (κ1) is 16.2. The van der Waals surface area contributed by atoms with Gasteiger partial charge >= 0.3 is 0 Å². The van der Waals surface area contributed by atoms with Crippen LogP contribution in [0.5, 0.6) is 5.75 Å². The molecule has 0 bridgehead atoms. The second-order valence-electron chi connectivity index (χ2n) is 5.90. The summed E-state index contributed by atoms with van der Waals surface area (Å²) in [5.74, 6) is 1.98. The lowest BCUT2D eigenvalue weighted by Gasteiger charge is -2.15. The van der Waals surface area contributed by atoms with Crippen LogP contribution in [0.4, 0.5) is 5.82 Å². The van der Waals surface area contributed by atoms with Gasteiger partial charge in [0, 0.05) is 24.6 Å². The van der Waals surface area contributed by atoms with Gasteiger partial charge < -0.3 is 14.8 Å². The zero-order valence-electron chi connectivity index (χ0n) is 13.7. The van der Waals surface area contributed by atoms with Gasteiger partial charge in [0.05, 0.1) is 25.6 Å². The minimum absolute atomic E-state index is 0.304. The number of rotatable bonds is 6. The molecule has 0 saturated carbocycles. The van der Waals surface area contributed by atoms with E-state index in [1.54, 1.807) is 6.20 Å². The second-order valence-corrected chi connectivity index (χ2v) is 5.90. The van der Waals surface area contributed by atoms with E-state index >= 15 is 0 Å². The SMILES string of the molecule is Cc1ccc(CNc2cnc(C#N)cn2)c(OCC2CCOC2)c1. The Balaban J connectivity index is 1.64. The maximum absolute atomic E-state index is 8.75. The standard InChI is InChI=1S/C18H20N4O2/c1-13-2-3-15(8-21-18-10-20-16(7-19)9-22-18)17(6-13)24-12-14-4-5-23-11-14/h2-3,6,9-10,14H,4-5,8,11-12H2,1H3,(H,21,22). The van der Waals surface area contributed by atoms with Crippen LogP contribution in [0.15, 0.2) is 30.6 Å². The smallest absolute Gasteiger partial charge is 0.158 e. The Bertz CT molecular complexity index is 719. The molecule has 1 aromatic carbocycles. The molecular weight excluding hydrogens is 304 g/mol. The van der Waals surface area contributed by atoms with Crippen molar-refractivity contribution in [3.05, 3.63) is 47.4 Å². The normalized spacial score (nSPS) is 16.6. The summed E-state index contributed by atoms with van der Waals surface area (Å²) in [7, 11) is 0. The van der Waals surface area contributed by atoms with E-state index in [4.69, 9.17) is 14.7 Å². The Morgan fingerprint density at radius 3 is 3.00 bits per heavy atom. The molecule has 1 atom stereocenters. The number of hydrogen-bond acceptors (Lipinski definition) is 6. The first-order chi connectivity index (χ1) is 11.7. The van der Waals surface area contributed by atoms with Crippen LogP contribution < -0.4 is 10.1 Å². The van der Waals surface area contributed by atoms with Gasteiger partial charge in [0.2, 0.25) is 0 Å². The first-order valence-electron chi connectivity index (χ1n) is 8.00. The molecule has 2 aromatic rings. The fourth-order valence-electron chi connectivity index (χ4n) is 2.53. The summed E-state index contributed by atoms with van der Waals surface area (Å²) in [6, 6.07) is 8.13.